The van der Waals surface area contributed by atoms with Crippen LogP contribution in [0.5, 0.6) is 0 Å². The van der Waals surface area contributed by atoms with Crippen LogP contribution in [0.3, 0.4) is 0 Å². The average Bonchev–Trinajstić information content (AvgIpc) is 2.94. The molecule has 0 aromatic heterocycles. The number of anilines is 1. The van der Waals surface area contributed by atoms with E-state index in [1.54, 1.807) is 0 Å². The van der Waals surface area contributed by atoms with Gasteiger partial charge >= 0.3 is 0 Å². The Balaban J connectivity index is 1.71. The van der Waals surface area contributed by atoms with Gasteiger partial charge in [0.1, 0.15) is 0 Å². The van der Waals surface area contributed by atoms with Crippen molar-refractivity contribution in [2.75, 3.05) is 25.1 Å². The van der Waals surface area contributed by atoms with Gasteiger partial charge in [-0.05, 0) is 37.0 Å². The van der Waals surface area contributed by atoms with Crippen LogP contribution in [0.4, 0.5) is 5.69 Å². The number of rotatable bonds is 4. The van der Waals surface area contributed by atoms with E-state index in [1.165, 1.54) is 0 Å². The molecule has 3 rings (SSSR count). The van der Waals surface area contributed by atoms with Crippen LogP contribution in [0.15, 0.2) is 18.2 Å². The van der Waals surface area contributed by atoms with E-state index in [2.05, 4.69) is 10.6 Å². The summed E-state index contributed by atoms with van der Waals surface area (Å²) in [6.07, 6.45) is 1.71. The maximum Gasteiger partial charge on any atom is 0.228 e. The second-order valence-electron chi connectivity index (χ2n) is 6.43. The molecule has 0 aliphatic carbocycles. The molecule has 4 N–H and O–H groups in total. The third-order valence-electron chi connectivity index (χ3n) is 4.92. The SMILES string of the molecule is CC(NC(=O)C1(CN)CCOCC1)c1ccc2c(c1)CC(=O)N2. The quantitative estimate of drug-likeness (QED) is 0.775. The Morgan fingerprint density at radius 1 is 1.43 bits per heavy atom. The van der Waals surface area contributed by atoms with Crippen molar-refractivity contribution < 1.29 is 14.3 Å². The van der Waals surface area contributed by atoms with Crippen molar-refractivity contribution in [2.24, 2.45) is 11.1 Å². The average molecular weight is 317 g/mol. The Kier molecular flexibility index (Phi) is 4.37. The fraction of sp³-hybridized carbons (Fsp3) is 0.529. The molecule has 0 bridgehead atoms. The topological polar surface area (TPSA) is 93.5 Å². The van der Waals surface area contributed by atoms with Crippen molar-refractivity contribution in [1.82, 2.24) is 5.32 Å². The Morgan fingerprint density at radius 2 is 2.17 bits per heavy atom. The second kappa shape index (κ2) is 6.29. The summed E-state index contributed by atoms with van der Waals surface area (Å²) in [5.74, 6) is 0.00336. The third kappa shape index (κ3) is 3.09. The first-order chi connectivity index (χ1) is 11.0. The molecule has 2 aliphatic heterocycles. The minimum Gasteiger partial charge on any atom is -0.381 e. The zero-order valence-electron chi connectivity index (χ0n) is 13.4. The number of carbonyl (C=O) groups is 2. The van der Waals surface area contributed by atoms with Crippen molar-refractivity contribution in [2.45, 2.75) is 32.2 Å². The van der Waals surface area contributed by atoms with Crippen LogP contribution in [0.1, 0.15) is 36.9 Å². The summed E-state index contributed by atoms with van der Waals surface area (Å²) in [6, 6.07) is 5.69. The molecule has 1 atom stereocenters. The maximum atomic E-state index is 12.7. The molecule has 124 valence electrons. The minimum atomic E-state index is -0.527. The normalized spacial score (nSPS) is 20.5. The summed E-state index contributed by atoms with van der Waals surface area (Å²) < 4.78 is 5.35. The van der Waals surface area contributed by atoms with Crippen molar-refractivity contribution in [3.8, 4) is 0 Å². The van der Waals surface area contributed by atoms with Gasteiger partial charge in [0.15, 0.2) is 0 Å². The van der Waals surface area contributed by atoms with Gasteiger partial charge in [0, 0.05) is 25.4 Å². The zero-order valence-corrected chi connectivity index (χ0v) is 13.4. The van der Waals surface area contributed by atoms with Gasteiger partial charge in [0.25, 0.3) is 0 Å². The van der Waals surface area contributed by atoms with E-state index in [0.717, 1.165) is 16.8 Å². The molecule has 0 radical (unpaired) electrons. The number of ether oxygens (including phenoxy) is 1. The summed E-state index contributed by atoms with van der Waals surface area (Å²) >= 11 is 0. The Hall–Kier alpha value is -1.92. The number of fused-ring (bicyclic) bond motifs is 1. The maximum absolute atomic E-state index is 12.7. The van der Waals surface area contributed by atoms with Gasteiger partial charge in [0.05, 0.1) is 17.9 Å². The highest BCUT2D eigenvalue weighted by Gasteiger charge is 2.39. The number of carbonyl (C=O) groups excluding carboxylic acids is 2. The van der Waals surface area contributed by atoms with Crippen LogP contribution in [0.2, 0.25) is 0 Å². The van der Waals surface area contributed by atoms with E-state index < -0.39 is 5.41 Å². The van der Waals surface area contributed by atoms with Gasteiger partial charge in [-0.2, -0.15) is 0 Å². The predicted molar refractivity (Wildman–Crippen MR) is 86.9 cm³/mol. The number of hydrogen-bond donors (Lipinski definition) is 3. The number of benzene rings is 1. The van der Waals surface area contributed by atoms with Gasteiger partial charge in [-0.25, -0.2) is 0 Å². The summed E-state index contributed by atoms with van der Waals surface area (Å²) in [5, 5.41) is 5.89. The Labute approximate surface area is 135 Å². The zero-order chi connectivity index (χ0) is 16.4. The number of amides is 2. The Bertz CT molecular complexity index is 624. The van der Waals surface area contributed by atoms with Crippen molar-refractivity contribution >= 4 is 17.5 Å². The van der Waals surface area contributed by atoms with Gasteiger partial charge in [-0.1, -0.05) is 12.1 Å². The third-order valence-corrected chi connectivity index (χ3v) is 4.92. The van der Waals surface area contributed by atoms with Crippen LogP contribution < -0.4 is 16.4 Å². The van der Waals surface area contributed by atoms with Crippen molar-refractivity contribution in [3.05, 3.63) is 29.3 Å². The van der Waals surface area contributed by atoms with Crippen molar-refractivity contribution in [3.63, 3.8) is 0 Å². The lowest BCUT2D eigenvalue weighted by atomic mass is 9.79. The van der Waals surface area contributed by atoms with Crippen LogP contribution in [0, 0.1) is 5.41 Å². The number of hydrogen-bond acceptors (Lipinski definition) is 4. The molecule has 1 fully saturated rings. The first kappa shape index (κ1) is 16.0. The van der Waals surface area contributed by atoms with Crippen LogP contribution in [-0.4, -0.2) is 31.6 Å². The first-order valence-electron chi connectivity index (χ1n) is 8.05. The van der Waals surface area contributed by atoms with Crippen molar-refractivity contribution in [1.29, 1.82) is 0 Å². The number of nitrogens with two attached hydrogens (primary N) is 1. The monoisotopic (exact) mass is 317 g/mol. The molecular formula is C17H23N3O3. The Morgan fingerprint density at radius 3 is 2.87 bits per heavy atom. The number of nitrogens with one attached hydrogen (secondary N) is 2. The molecule has 1 saturated heterocycles. The lowest BCUT2D eigenvalue weighted by Gasteiger charge is -2.35. The van der Waals surface area contributed by atoms with Gasteiger partial charge in [0.2, 0.25) is 11.8 Å². The fourth-order valence-electron chi connectivity index (χ4n) is 3.24. The molecule has 2 aliphatic rings. The largest absolute Gasteiger partial charge is 0.381 e. The summed E-state index contributed by atoms with van der Waals surface area (Å²) in [5.41, 5.74) is 8.19. The fourth-order valence-corrected chi connectivity index (χ4v) is 3.24. The standard InChI is InChI=1S/C17H23N3O3/c1-11(12-2-3-14-13(8-12)9-15(21)20-14)19-16(22)17(10-18)4-6-23-7-5-17/h2-3,8,11H,4-7,9-10,18H2,1H3,(H,19,22)(H,20,21). The van der Waals surface area contributed by atoms with E-state index >= 15 is 0 Å². The summed E-state index contributed by atoms with van der Waals surface area (Å²) in [4.78, 5) is 24.1. The lowest BCUT2D eigenvalue weighted by Crippen LogP contribution is -2.49. The summed E-state index contributed by atoms with van der Waals surface area (Å²) in [7, 11) is 0. The van der Waals surface area contributed by atoms with E-state index in [4.69, 9.17) is 10.5 Å². The first-order valence-corrected chi connectivity index (χ1v) is 8.05. The van der Waals surface area contributed by atoms with E-state index in [-0.39, 0.29) is 17.9 Å². The molecule has 6 nitrogen and oxygen atoms in total. The van der Waals surface area contributed by atoms with Gasteiger partial charge in [-0.3, -0.25) is 9.59 Å². The van der Waals surface area contributed by atoms with E-state index in [1.807, 2.05) is 25.1 Å². The molecule has 0 spiro atoms. The highest BCUT2D eigenvalue weighted by Crippen LogP contribution is 2.31. The molecule has 2 amide bonds. The molecule has 6 heteroatoms. The summed E-state index contributed by atoms with van der Waals surface area (Å²) in [6.45, 7) is 3.43. The molecule has 1 aromatic rings. The smallest absolute Gasteiger partial charge is 0.228 e. The van der Waals surface area contributed by atoms with Crippen LogP contribution >= 0.6 is 0 Å². The van der Waals surface area contributed by atoms with Crippen LogP contribution in [0.25, 0.3) is 0 Å². The molecular weight excluding hydrogens is 294 g/mol. The molecule has 0 saturated carbocycles. The molecule has 1 aromatic carbocycles. The highest BCUT2D eigenvalue weighted by molar-refractivity contribution is 5.99. The predicted octanol–water partition coefficient (Wildman–Crippen LogP) is 1.11. The molecule has 1 unspecified atom stereocenters. The van der Waals surface area contributed by atoms with E-state index in [0.29, 0.717) is 39.0 Å². The van der Waals surface area contributed by atoms with E-state index in [9.17, 15) is 9.59 Å². The molecule has 23 heavy (non-hydrogen) atoms. The van der Waals surface area contributed by atoms with Gasteiger partial charge < -0.3 is 21.1 Å². The lowest BCUT2D eigenvalue weighted by molar-refractivity contribution is -0.136. The minimum absolute atomic E-state index is 0.00880. The molecule has 2 heterocycles. The highest BCUT2D eigenvalue weighted by atomic mass is 16.5. The second-order valence-corrected chi connectivity index (χ2v) is 6.43. The van der Waals surface area contributed by atoms with Gasteiger partial charge in [-0.15, -0.1) is 0 Å². The van der Waals surface area contributed by atoms with Crippen LogP contribution in [-0.2, 0) is 20.7 Å².